The molecular formula is C20H22N2O5. The quantitative estimate of drug-likeness (QED) is 0.645. The molecule has 0 amide bonds. The van der Waals surface area contributed by atoms with E-state index in [0.29, 0.717) is 34.9 Å². The molecule has 0 fully saturated rings. The molecule has 142 valence electrons. The van der Waals surface area contributed by atoms with Crippen molar-refractivity contribution in [3.05, 3.63) is 58.5 Å². The molecule has 1 N–H and O–H groups in total. The Labute approximate surface area is 157 Å². The third-order valence-electron chi connectivity index (χ3n) is 4.34. The van der Waals surface area contributed by atoms with Crippen LogP contribution in [0, 0.1) is 0 Å². The first-order valence-corrected chi connectivity index (χ1v) is 8.32. The highest BCUT2D eigenvalue weighted by Gasteiger charge is 2.12. The maximum Gasteiger partial charge on any atom is 0.258 e. The lowest BCUT2D eigenvalue weighted by atomic mass is 10.1. The molecule has 0 aliphatic carbocycles. The standard InChI is InChI=1S/C20H22N2O5/c1-24-15-6-5-14(18(10-15)25-2)12-22-8-7-13-9-19(26-3)17(21-27-4)11-16(13)20(22)23/h5-11,21H,12H2,1-4H3. The molecule has 7 heteroatoms. The van der Waals surface area contributed by atoms with Gasteiger partial charge in [0.05, 0.1) is 35.0 Å². The molecular weight excluding hydrogens is 348 g/mol. The van der Waals surface area contributed by atoms with Crippen molar-refractivity contribution >= 4 is 16.5 Å². The molecule has 1 heterocycles. The maximum atomic E-state index is 13.0. The molecule has 0 atom stereocenters. The number of hydrogen-bond donors (Lipinski definition) is 1. The highest BCUT2D eigenvalue weighted by atomic mass is 16.6. The number of hydrogen-bond acceptors (Lipinski definition) is 6. The maximum absolute atomic E-state index is 13.0. The molecule has 0 saturated heterocycles. The monoisotopic (exact) mass is 370 g/mol. The molecule has 1 aromatic heterocycles. The smallest absolute Gasteiger partial charge is 0.258 e. The number of rotatable bonds is 7. The van der Waals surface area contributed by atoms with Crippen molar-refractivity contribution in [3.63, 3.8) is 0 Å². The summed E-state index contributed by atoms with van der Waals surface area (Å²) in [6, 6.07) is 10.9. The zero-order valence-electron chi connectivity index (χ0n) is 15.7. The number of benzene rings is 2. The summed E-state index contributed by atoms with van der Waals surface area (Å²) >= 11 is 0. The Bertz CT molecular complexity index is 1010. The first-order valence-electron chi connectivity index (χ1n) is 8.32. The molecule has 0 aliphatic rings. The Morgan fingerprint density at radius 1 is 0.926 bits per heavy atom. The van der Waals surface area contributed by atoms with E-state index < -0.39 is 0 Å². The van der Waals surface area contributed by atoms with E-state index in [1.807, 2.05) is 18.2 Å². The fraction of sp³-hybridized carbons (Fsp3) is 0.250. The number of methoxy groups -OCH3 is 3. The average molecular weight is 370 g/mol. The lowest BCUT2D eigenvalue weighted by molar-refractivity contribution is 0.268. The molecule has 0 unspecified atom stereocenters. The zero-order valence-corrected chi connectivity index (χ0v) is 15.7. The Morgan fingerprint density at radius 2 is 1.70 bits per heavy atom. The van der Waals surface area contributed by atoms with Gasteiger partial charge < -0.3 is 18.8 Å². The minimum Gasteiger partial charge on any atom is -0.497 e. The van der Waals surface area contributed by atoms with Crippen LogP contribution in [0.15, 0.2) is 47.4 Å². The second-order valence-electron chi connectivity index (χ2n) is 5.87. The van der Waals surface area contributed by atoms with Crippen molar-refractivity contribution in [2.24, 2.45) is 0 Å². The van der Waals surface area contributed by atoms with E-state index in [9.17, 15) is 4.79 Å². The van der Waals surface area contributed by atoms with Gasteiger partial charge in [-0.3, -0.25) is 15.1 Å². The summed E-state index contributed by atoms with van der Waals surface area (Å²) in [6.45, 7) is 0.376. The number of aromatic nitrogens is 1. The fourth-order valence-corrected chi connectivity index (χ4v) is 2.96. The average Bonchev–Trinajstić information content (AvgIpc) is 2.70. The van der Waals surface area contributed by atoms with Crippen LogP contribution in [0.4, 0.5) is 5.69 Å². The van der Waals surface area contributed by atoms with Gasteiger partial charge >= 0.3 is 0 Å². The summed E-state index contributed by atoms with van der Waals surface area (Å²) in [5.41, 5.74) is 4.09. The second kappa shape index (κ2) is 8.01. The van der Waals surface area contributed by atoms with Crippen LogP contribution in [-0.4, -0.2) is 33.0 Å². The predicted octanol–water partition coefficient (Wildman–Crippen LogP) is 3.05. The van der Waals surface area contributed by atoms with Crippen LogP contribution in [-0.2, 0) is 11.4 Å². The van der Waals surface area contributed by atoms with E-state index in [-0.39, 0.29) is 5.56 Å². The number of nitrogens with zero attached hydrogens (tertiary/aromatic N) is 1. The number of anilines is 1. The second-order valence-corrected chi connectivity index (χ2v) is 5.87. The van der Waals surface area contributed by atoms with Crippen molar-refractivity contribution in [2.75, 3.05) is 33.9 Å². The lowest BCUT2D eigenvalue weighted by Gasteiger charge is -2.14. The molecule has 0 radical (unpaired) electrons. The minimum absolute atomic E-state index is 0.118. The van der Waals surface area contributed by atoms with Crippen LogP contribution in [0.3, 0.4) is 0 Å². The molecule has 7 nitrogen and oxygen atoms in total. The van der Waals surface area contributed by atoms with Gasteiger partial charge in [-0.15, -0.1) is 0 Å². The van der Waals surface area contributed by atoms with E-state index in [1.54, 1.807) is 50.3 Å². The van der Waals surface area contributed by atoms with Gasteiger partial charge in [0.1, 0.15) is 22.9 Å². The van der Waals surface area contributed by atoms with Crippen molar-refractivity contribution in [3.8, 4) is 17.2 Å². The van der Waals surface area contributed by atoms with Crippen LogP contribution in [0.5, 0.6) is 17.2 Å². The molecule has 0 saturated carbocycles. The summed E-state index contributed by atoms with van der Waals surface area (Å²) in [7, 11) is 6.26. The van der Waals surface area contributed by atoms with E-state index in [0.717, 1.165) is 10.9 Å². The van der Waals surface area contributed by atoms with Crippen LogP contribution < -0.4 is 25.2 Å². The van der Waals surface area contributed by atoms with Crippen molar-refractivity contribution in [1.29, 1.82) is 0 Å². The third-order valence-corrected chi connectivity index (χ3v) is 4.34. The lowest BCUT2D eigenvalue weighted by Crippen LogP contribution is -2.20. The van der Waals surface area contributed by atoms with E-state index in [2.05, 4.69) is 5.48 Å². The highest BCUT2D eigenvalue weighted by Crippen LogP contribution is 2.29. The van der Waals surface area contributed by atoms with E-state index >= 15 is 0 Å². The molecule has 0 spiro atoms. The van der Waals surface area contributed by atoms with Crippen molar-refractivity contribution in [1.82, 2.24) is 4.57 Å². The van der Waals surface area contributed by atoms with Gasteiger partial charge in [0, 0.05) is 23.2 Å². The molecule has 27 heavy (non-hydrogen) atoms. The van der Waals surface area contributed by atoms with Crippen molar-refractivity contribution in [2.45, 2.75) is 6.54 Å². The Balaban J connectivity index is 2.06. The molecule has 3 aromatic rings. The number of pyridine rings is 1. The Hall–Kier alpha value is -3.19. The third kappa shape index (κ3) is 3.68. The summed E-state index contributed by atoms with van der Waals surface area (Å²) in [5.74, 6) is 1.96. The summed E-state index contributed by atoms with van der Waals surface area (Å²) in [5, 5.41) is 1.35. The first kappa shape index (κ1) is 18.6. The number of ether oxygens (including phenoxy) is 3. The summed E-state index contributed by atoms with van der Waals surface area (Å²) < 4.78 is 17.6. The number of nitrogens with one attached hydrogen (secondary N) is 1. The SMILES string of the molecule is CONc1cc2c(=O)n(Cc3ccc(OC)cc3OC)ccc2cc1OC. The molecule has 3 rings (SSSR count). The van der Waals surface area contributed by atoms with Crippen LogP contribution in [0.25, 0.3) is 10.8 Å². The largest absolute Gasteiger partial charge is 0.497 e. The zero-order chi connectivity index (χ0) is 19.4. The van der Waals surface area contributed by atoms with Crippen molar-refractivity contribution < 1.29 is 19.0 Å². The normalized spacial score (nSPS) is 10.7. The highest BCUT2D eigenvalue weighted by molar-refractivity contribution is 5.87. The topological polar surface area (TPSA) is 71.0 Å². The first-order chi connectivity index (χ1) is 13.1. The van der Waals surface area contributed by atoms with Gasteiger partial charge in [-0.05, 0) is 35.7 Å². The molecule has 2 aromatic carbocycles. The fourth-order valence-electron chi connectivity index (χ4n) is 2.96. The van der Waals surface area contributed by atoms with Crippen LogP contribution >= 0.6 is 0 Å². The van der Waals surface area contributed by atoms with Gasteiger partial charge in [-0.1, -0.05) is 0 Å². The Morgan fingerprint density at radius 3 is 2.37 bits per heavy atom. The Kier molecular flexibility index (Phi) is 5.52. The molecule has 0 aliphatic heterocycles. The summed E-state index contributed by atoms with van der Waals surface area (Å²) in [6.07, 6.45) is 1.76. The van der Waals surface area contributed by atoms with Crippen LogP contribution in [0.1, 0.15) is 5.56 Å². The minimum atomic E-state index is -0.118. The van der Waals surface area contributed by atoms with Gasteiger partial charge in [0.25, 0.3) is 5.56 Å². The van der Waals surface area contributed by atoms with E-state index in [1.165, 1.54) is 7.11 Å². The van der Waals surface area contributed by atoms with Crippen LogP contribution in [0.2, 0.25) is 0 Å². The van der Waals surface area contributed by atoms with Gasteiger partial charge in [0.2, 0.25) is 0 Å². The molecule has 0 bridgehead atoms. The van der Waals surface area contributed by atoms with Gasteiger partial charge in [0.15, 0.2) is 0 Å². The summed E-state index contributed by atoms with van der Waals surface area (Å²) in [4.78, 5) is 18.0. The van der Waals surface area contributed by atoms with Gasteiger partial charge in [-0.2, -0.15) is 0 Å². The number of fused-ring (bicyclic) bond motifs is 1. The predicted molar refractivity (Wildman–Crippen MR) is 104 cm³/mol. The van der Waals surface area contributed by atoms with E-state index in [4.69, 9.17) is 19.0 Å². The van der Waals surface area contributed by atoms with Gasteiger partial charge in [-0.25, -0.2) is 0 Å².